The molecule has 3 rings (SSSR count). The first-order chi connectivity index (χ1) is 14.1. The maximum atomic E-state index is 7.32. The van der Waals surface area contributed by atoms with E-state index in [0.717, 1.165) is 25.4 Å². The Balaban J connectivity index is 0.000000941. The lowest BCUT2D eigenvalue weighted by Crippen LogP contribution is -2.22. The predicted octanol–water partition coefficient (Wildman–Crippen LogP) is 6.59. The largest absolute Gasteiger partial charge is 0.306 e. The molecule has 29 heavy (non-hydrogen) atoms. The fourth-order valence-corrected chi connectivity index (χ4v) is 4.22. The van der Waals surface area contributed by atoms with E-state index in [9.17, 15) is 0 Å². The number of benzene rings is 2. The van der Waals surface area contributed by atoms with E-state index in [-0.39, 0.29) is 0 Å². The zero-order valence-electron chi connectivity index (χ0n) is 18.0. The molecule has 0 unspecified atom stereocenters. The highest BCUT2D eigenvalue weighted by atomic mass is 35.5. The van der Waals surface area contributed by atoms with Crippen molar-refractivity contribution in [3.05, 3.63) is 71.3 Å². The number of rotatable bonds is 8. The Kier molecular flexibility index (Phi) is 10.8. The lowest BCUT2D eigenvalue weighted by molar-refractivity contribution is 0.333. The van der Waals surface area contributed by atoms with Crippen molar-refractivity contribution in [2.75, 3.05) is 20.1 Å². The van der Waals surface area contributed by atoms with E-state index in [4.69, 9.17) is 16.9 Å². The Morgan fingerprint density at radius 2 is 1.48 bits per heavy atom. The van der Waals surface area contributed by atoms with Crippen LogP contribution in [-0.2, 0) is 12.8 Å². The van der Waals surface area contributed by atoms with E-state index >= 15 is 0 Å². The molecule has 0 amide bonds. The van der Waals surface area contributed by atoms with E-state index in [1.165, 1.54) is 62.1 Å². The first-order valence-corrected chi connectivity index (χ1v) is 11.3. The van der Waals surface area contributed by atoms with E-state index in [1.807, 2.05) is 0 Å². The molecule has 1 fully saturated rings. The summed E-state index contributed by atoms with van der Waals surface area (Å²) in [5.74, 6) is 0.725. The predicted molar refractivity (Wildman–Crippen MR) is 125 cm³/mol. The average molecular weight is 411 g/mol. The molecule has 0 atom stereocenters. The standard InChI is InChI=1S/C24H32ClN.C2H3N/c1-26(19-17-20-6-3-2-4-7-20)18-5-8-21-9-11-22(12-10-21)23-13-15-24(25)16-14-23;1-2-3/h2-4,6-7,9-12,23-24H,5,8,13-19H2,1H3;1H3. The smallest absolute Gasteiger partial charge is 0.0587 e. The van der Waals surface area contributed by atoms with Crippen LogP contribution in [0.4, 0.5) is 0 Å². The van der Waals surface area contributed by atoms with Gasteiger partial charge in [0, 0.05) is 18.8 Å². The topological polar surface area (TPSA) is 27.0 Å². The van der Waals surface area contributed by atoms with Crippen molar-refractivity contribution in [1.29, 1.82) is 5.26 Å². The molecule has 0 N–H and O–H groups in total. The zero-order valence-corrected chi connectivity index (χ0v) is 18.7. The second kappa shape index (κ2) is 13.4. The Morgan fingerprint density at radius 1 is 0.897 bits per heavy atom. The molecule has 2 aromatic carbocycles. The maximum Gasteiger partial charge on any atom is 0.0587 e. The van der Waals surface area contributed by atoms with Gasteiger partial charge in [0.05, 0.1) is 6.07 Å². The number of hydrogen-bond donors (Lipinski definition) is 0. The minimum atomic E-state index is 0.407. The Hall–Kier alpha value is -1.82. The summed E-state index contributed by atoms with van der Waals surface area (Å²) in [7, 11) is 2.24. The van der Waals surface area contributed by atoms with Crippen LogP contribution in [0, 0.1) is 11.3 Å². The van der Waals surface area contributed by atoms with Gasteiger partial charge in [-0.1, -0.05) is 54.6 Å². The van der Waals surface area contributed by atoms with Crippen LogP contribution in [-0.4, -0.2) is 30.4 Å². The number of nitrogens with zero attached hydrogens (tertiary/aromatic N) is 2. The van der Waals surface area contributed by atoms with Crippen LogP contribution in [0.5, 0.6) is 0 Å². The molecule has 3 heteroatoms. The average Bonchev–Trinajstić information content (AvgIpc) is 2.75. The van der Waals surface area contributed by atoms with Crippen LogP contribution < -0.4 is 0 Å². The van der Waals surface area contributed by atoms with Gasteiger partial charge in [0.25, 0.3) is 0 Å². The summed E-state index contributed by atoms with van der Waals surface area (Å²) in [5.41, 5.74) is 4.41. The number of aryl methyl sites for hydroxylation is 1. The van der Waals surface area contributed by atoms with Crippen LogP contribution in [0.15, 0.2) is 54.6 Å². The summed E-state index contributed by atoms with van der Waals surface area (Å²) in [6.07, 6.45) is 8.37. The fraction of sp³-hybridized carbons (Fsp3) is 0.500. The molecule has 0 aromatic heterocycles. The number of nitriles is 1. The third kappa shape index (κ3) is 9.03. The van der Waals surface area contributed by atoms with Crippen molar-refractivity contribution in [2.45, 2.75) is 63.2 Å². The molecule has 0 bridgehead atoms. The molecule has 1 aliphatic carbocycles. The molecule has 1 saturated carbocycles. The van der Waals surface area contributed by atoms with E-state index < -0.39 is 0 Å². The van der Waals surface area contributed by atoms with Crippen LogP contribution in [0.1, 0.15) is 61.6 Å². The second-order valence-electron chi connectivity index (χ2n) is 8.06. The van der Waals surface area contributed by atoms with Gasteiger partial charge in [-0.2, -0.15) is 5.26 Å². The van der Waals surface area contributed by atoms with Crippen molar-refractivity contribution in [3.8, 4) is 6.07 Å². The lowest BCUT2D eigenvalue weighted by Gasteiger charge is -2.25. The summed E-state index contributed by atoms with van der Waals surface area (Å²) in [6.45, 7) is 3.72. The van der Waals surface area contributed by atoms with Gasteiger partial charge < -0.3 is 4.90 Å². The van der Waals surface area contributed by atoms with Crippen LogP contribution >= 0.6 is 11.6 Å². The van der Waals surface area contributed by atoms with Crippen molar-refractivity contribution in [1.82, 2.24) is 4.90 Å². The molecule has 2 nitrogen and oxygen atoms in total. The van der Waals surface area contributed by atoms with Crippen molar-refractivity contribution in [3.63, 3.8) is 0 Å². The third-order valence-corrected chi connectivity index (χ3v) is 6.17. The fourth-order valence-electron chi connectivity index (χ4n) is 3.97. The van der Waals surface area contributed by atoms with Crippen molar-refractivity contribution in [2.24, 2.45) is 0 Å². The number of likely N-dealkylation sites (N-methyl/N-ethyl adjacent to an activating group) is 1. The molecular weight excluding hydrogens is 376 g/mol. The minimum Gasteiger partial charge on any atom is -0.306 e. The number of hydrogen-bond acceptors (Lipinski definition) is 2. The molecule has 0 aliphatic heterocycles. The van der Waals surface area contributed by atoms with Gasteiger partial charge in [0.15, 0.2) is 0 Å². The van der Waals surface area contributed by atoms with E-state index in [2.05, 4.69) is 66.5 Å². The first-order valence-electron chi connectivity index (χ1n) is 10.9. The van der Waals surface area contributed by atoms with Gasteiger partial charge in [0.1, 0.15) is 0 Å². The van der Waals surface area contributed by atoms with Gasteiger partial charge >= 0.3 is 0 Å². The van der Waals surface area contributed by atoms with Crippen LogP contribution in [0.25, 0.3) is 0 Å². The Morgan fingerprint density at radius 3 is 2.10 bits per heavy atom. The normalized spacial score (nSPS) is 18.6. The summed E-state index contributed by atoms with van der Waals surface area (Å²) < 4.78 is 0. The number of alkyl halides is 1. The summed E-state index contributed by atoms with van der Waals surface area (Å²) >= 11 is 6.23. The molecule has 1 aliphatic rings. The Bertz CT molecular complexity index is 713. The monoisotopic (exact) mass is 410 g/mol. The third-order valence-electron chi connectivity index (χ3n) is 5.74. The van der Waals surface area contributed by atoms with Crippen molar-refractivity contribution < 1.29 is 0 Å². The van der Waals surface area contributed by atoms with E-state index in [0.29, 0.717) is 5.38 Å². The highest BCUT2D eigenvalue weighted by molar-refractivity contribution is 6.20. The summed E-state index contributed by atoms with van der Waals surface area (Å²) in [5, 5.41) is 7.73. The SMILES string of the molecule is CC#N.CN(CCCc1ccc(C2CCC(Cl)CC2)cc1)CCc1ccccc1. The molecule has 0 heterocycles. The molecule has 156 valence electrons. The molecule has 0 saturated heterocycles. The zero-order chi connectivity index (χ0) is 20.9. The molecule has 0 spiro atoms. The second-order valence-corrected chi connectivity index (χ2v) is 8.67. The summed E-state index contributed by atoms with van der Waals surface area (Å²) in [4.78, 5) is 2.45. The highest BCUT2D eigenvalue weighted by Gasteiger charge is 2.20. The van der Waals surface area contributed by atoms with Gasteiger partial charge in [-0.05, 0) is 81.1 Å². The van der Waals surface area contributed by atoms with Crippen LogP contribution in [0.3, 0.4) is 0 Å². The Labute approximate surface area is 182 Å². The van der Waals surface area contributed by atoms with Gasteiger partial charge in [-0.3, -0.25) is 0 Å². The van der Waals surface area contributed by atoms with Gasteiger partial charge in [0.2, 0.25) is 0 Å². The minimum absolute atomic E-state index is 0.407. The molecule has 2 aromatic rings. The lowest BCUT2D eigenvalue weighted by atomic mass is 9.83. The van der Waals surface area contributed by atoms with Crippen molar-refractivity contribution >= 4 is 11.6 Å². The first kappa shape index (κ1) is 23.5. The quantitative estimate of drug-likeness (QED) is 0.459. The van der Waals surface area contributed by atoms with Gasteiger partial charge in [-0.15, -0.1) is 11.6 Å². The molecular formula is C26H35ClN2. The van der Waals surface area contributed by atoms with E-state index in [1.54, 1.807) is 6.07 Å². The molecule has 0 radical (unpaired) electrons. The maximum absolute atomic E-state index is 7.32. The van der Waals surface area contributed by atoms with Crippen LogP contribution in [0.2, 0.25) is 0 Å². The van der Waals surface area contributed by atoms with Gasteiger partial charge in [-0.25, -0.2) is 0 Å². The summed E-state index contributed by atoms with van der Waals surface area (Å²) in [6, 6.07) is 21.9. The number of halogens is 1. The highest BCUT2D eigenvalue weighted by Crippen LogP contribution is 2.34.